The zero-order valence-corrected chi connectivity index (χ0v) is 8.82. The van der Waals surface area contributed by atoms with Crippen LogP contribution < -0.4 is 19.7 Å². The molecule has 0 saturated carbocycles. The summed E-state index contributed by atoms with van der Waals surface area (Å²) in [6, 6.07) is 5.38. The summed E-state index contributed by atoms with van der Waals surface area (Å²) in [6.45, 7) is 0.661. The van der Waals surface area contributed by atoms with Gasteiger partial charge in [0.05, 0.1) is 20.8 Å². The molecule has 0 aliphatic rings. The molecule has 15 heavy (non-hydrogen) atoms. The lowest BCUT2D eigenvalue weighted by Crippen LogP contribution is -2.17. The van der Waals surface area contributed by atoms with Gasteiger partial charge in [0.25, 0.3) is 0 Å². The van der Waals surface area contributed by atoms with Crippen molar-refractivity contribution < 1.29 is 19.4 Å². The van der Waals surface area contributed by atoms with Crippen molar-refractivity contribution in [3.05, 3.63) is 18.2 Å². The molecule has 0 saturated heterocycles. The second-order valence-corrected chi connectivity index (χ2v) is 2.75. The van der Waals surface area contributed by atoms with Gasteiger partial charge in [-0.05, 0) is 12.1 Å². The van der Waals surface area contributed by atoms with Crippen molar-refractivity contribution >= 4 is 0 Å². The zero-order valence-electron chi connectivity index (χ0n) is 8.82. The van der Waals surface area contributed by atoms with Gasteiger partial charge in [0, 0.05) is 0 Å². The molecule has 0 aromatic heterocycles. The van der Waals surface area contributed by atoms with Gasteiger partial charge in [-0.2, -0.15) is 0 Å². The van der Waals surface area contributed by atoms with E-state index in [1.807, 2.05) is 11.5 Å². The monoisotopic (exact) mass is 213 g/mol. The van der Waals surface area contributed by atoms with E-state index in [1.165, 1.54) is 0 Å². The fourth-order valence-electron chi connectivity index (χ4n) is 1.16. The highest BCUT2D eigenvalue weighted by Gasteiger charge is 2.10. The Morgan fingerprint density at radius 2 is 1.80 bits per heavy atom. The number of methoxy groups -OCH3 is 2. The summed E-state index contributed by atoms with van der Waals surface area (Å²) in [6.07, 6.45) is 0. The van der Waals surface area contributed by atoms with Crippen molar-refractivity contribution in [2.75, 3.05) is 27.4 Å². The molecule has 5 nitrogen and oxygen atoms in total. The van der Waals surface area contributed by atoms with E-state index in [1.54, 1.807) is 26.4 Å². The van der Waals surface area contributed by atoms with Crippen molar-refractivity contribution in [2.24, 2.45) is 0 Å². The van der Waals surface area contributed by atoms with Crippen LogP contribution in [0.25, 0.3) is 0 Å². The summed E-state index contributed by atoms with van der Waals surface area (Å²) in [7, 11) is 3.12. The fraction of sp³-hybridized carbons (Fsp3) is 0.400. The maximum Gasteiger partial charge on any atom is 0.203 e. The standard InChI is InChI=1S/C10H15NO4/c1-13-8-4-3-5-9(14-2)10(8)15-7-6-11-12/h3-5,11-12H,6-7H2,1-2H3. The third-order valence-electron chi connectivity index (χ3n) is 1.84. The highest BCUT2D eigenvalue weighted by molar-refractivity contribution is 5.51. The normalized spacial score (nSPS) is 9.80. The maximum atomic E-state index is 8.40. The molecule has 1 aromatic carbocycles. The first kappa shape index (κ1) is 11.6. The summed E-state index contributed by atoms with van der Waals surface area (Å²) in [5, 5.41) is 8.40. The van der Waals surface area contributed by atoms with Crippen LogP contribution in [-0.4, -0.2) is 32.6 Å². The van der Waals surface area contributed by atoms with E-state index < -0.39 is 0 Å². The molecule has 0 spiro atoms. The van der Waals surface area contributed by atoms with Crippen molar-refractivity contribution in [3.8, 4) is 17.2 Å². The molecule has 0 radical (unpaired) electrons. The Labute approximate surface area is 88.5 Å². The lowest BCUT2D eigenvalue weighted by molar-refractivity contribution is 0.143. The van der Waals surface area contributed by atoms with Gasteiger partial charge in [-0.3, -0.25) is 0 Å². The Kier molecular flexibility index (Phi) is 4.73. The average molecular weight is 213 g/mol. The summed E-state index contributed by atoms with van der Waals surface area (Å²) in [5.41, 5.74) is 2.01. The molecule has 0 amide bonds. The van der Waals surface area contributed by atoms with Crippen molar-refractivity contribution in [1.29, 1.82) is 0 Å². The number of rotatable bonds is 6. The van der Waals surface area contributed by atoms with Crippen molar-refractivity contribution in [1.82, 2.24) is 5.48 Å². The largest absolute Gasteiger partial charge is 0.493 e. The molecule has 0 aliphatic heterocycles. The zero-order chi connectivity index (χ0) is 11.1. The van der Waals surface area contributed by atoms with E-state index >= 15 is 0 Å². The Balaban J connectivity index is 2.80. The van der Waals surface area contributed by atoms with Crippen LogP contribution in [-0.2, 0) is 0 Å². The van der Waals surface area contributed by atoms with E-state index in [9.17, 15) is 0 Å². The molecule has 1 rings (SSSR count). The van der Waals surface area contributed by atoms with Crippen LogP contribution in [0.3, 0.4) is 0 Å². The molecule has 1 aromatic rings. The quantitative estimate of drug-likeness (QED) is 0.546. The van der Waals surface area contributed by atoms with Crippen molar-refractivity contribution in [2.45, 2.75) is 0 Å². The Bertz CT molecular complexity index is 281. The lowest BCUT2D eigenvalue weighted by Gasteiger charge is -2.13. The minimum Gasteiger partial charge on any atom is -0.493 e. The fourth-order valence-corrected chi connectivity index (χ4v) is 1.16. The molecule has 0 unspecified atom stereocenters. The molecular weight excluding hydrogens is 198 g/mol. The Morgan fingerprint density at radius 1 is 1.20 bits per heavy atom. The van der Waals surface area contributed by atoms with Gasteiger partial charge >= 0.3 is 0 Å². The molecule has 84 valence electrons. The molecule has 5 heteroatoms. The number of hydrogen-bond donors (Lipinski definition) is 2. The van der Waals surface area contributed by atoms with Crippen LogP contribution >= 0.6 is 0 Å². The highest BCUT2D eigenvalue weighted by atomic mass is 16.5. The first-order valence-electron chi connectivity index (χ1n) is 4.54. The van der Waals surface area contributed by atoms with Crippen LogP contribution in [0.2, 0.25) is 0 Å². The van der Waals surface area contributed by atoms with Gasteiger partial charge in [-0.15, -0.1) is 0 Å². The topological polar surface area (TPSA) is 60.0 Å². The molecular formula is C10H15NO4. The van der Waals surface area contributed by atoms with Crippen LogP contribution in [0.1, 0.15) is 0 Å². The summed E-state index contributed by atoms with van der Waals surface area (Å²) < 4.78 is 15.7. The number of benzene rings is 1. The first-order chi connectivity index (χ1) is 7.33. The Hall–Kier alpha value is -1.46. The van der Waals surface area contributed by atoms with Gasteiger partial charge in [-0.25, -0.2) is 5.48 Å². The number of para-hydroxylation sites is 1. The average Bonchev–Trinajstić information content (AvgIpc) is 2.29. The van der Waals surface area contributed by atoms with E-state index in [2.05, 4.69) is 0 Å². The summed E-state index contributed by atoms with van der Waals surface area (Å²) in [5.74, 6) is 1.75. The van der Waals surface area contributed by atoms with E-state index in [0.29, 0.717) is 30.4 Å². The number of nitrogens with one attached hydrogen (secondary N) is 1. The van der Waals surface area contributed by atoms with Crippen LogP contribution in [0.15, 0.2) is 18.2 Å². The minimum absolute atomic E-state index is 0.327. The maximum absolute atomic E-state index is 8.40. The second kappa shape index (κ2) is 6.10. The van der Waals surface area contributed by atoms with Gasteiger partial charge in [0.1, 0.15) is 6.61 Å². The smallest absolute Gasteiger partial charge is 0.203 e. The second-order valence-electron chi connectivity index (χ2n) is 2.75. The van der Waals surface area contributed by atoms with Crippen LogP contribution in [0.5, 0.6) is 17.2 Å². The summed E-state index contributed by atoms with van der Waals surface area (Å²) >= 11 is 0. The van der Waals surface area contributed by atoms with Gasteiger partial charge in [0.2, 0.25) is 5.75 Å². The predicted molar refractivity (Wildman–Crippen MR) is 54.8 cm³/mol. The third kappa shape index (κ3) is 3.00. The van der Waals surface area contributed by atoms with Crippen molar-refractivity contribution in [3.63, 3.8) is 0 Å². The SMILES string of the molecule is COc1cccc(OC)c1OCCNO. The molecule has 0 heterocycles. The number of hydrogen-bond acceptors (Lipinski definition) is 5. The lowest BCUT2D eigenvalue weighted by atomic mass is 10.3. The van der Waals surface area contributed by atoms with Crippen LogP contribution in [0.4, 0.5) is 0 Å². The highest BCUT2D eigenvalue weighted by Crippen LogP contribution is 2.36. The molecule has 0 aliphatic carbocycles. The summed E-state index contributed by atoms with van der Waals surface area (Å²) in [4.78, 5) is 0. The number of ether oxygens (including phenoxy) is 3. The predicted octanol–water partition coefficient (Wildman–Crippen LogP) is 1.06. The third-order valence-corrected chi connectivity index (χ3v) is 1.84. The van der Waals surface area contributed by atoms with E-state index in [-0.39, 0.29) is 0 Å². The molecule has 0 atom stereocenters. The van der Waals surface area contributed by atoms with E-state index in [4.69, 9.17) is 19.4 Å². The van der Waals surface area contributed by atoms with E-state index in [0.717, 1.165) is 0 Å². The number of hydroxylamine groups is 1. The molecule has 0 fully saturated rings. The first-order valence-corrected chi connectivity index (χ1v) is 4.54. The van der Waals surface area contributed by atoms with Gasteiger partial charge in [0.15, 0.2) is 11.5 Å². The van der Waals surface area contributed by atoms with Gasteiger partial charge in [-0.1, -0.05) is 6.07 Å². The molecule has 2 N–H and O–H groups in total. The minimum atomic E-state index is 0.327. The Morgan fingerprint density at radius 3 is 2.27 bits per heavy atom. The molecule has 0 bridgehead atoms. The van der Waals surface area contributed by atoms with Crippen LogP contribution in [0, 0.1) is 0 Å². The van der Waals surface area contributed by atoms with Gasteiger partial charge < -0.3 is 19.4 Å².